The number of aryl methyl sites for hydroxylation is 1. The number of nitrogens with zero attached hydrogens (tertiary/aromatic N) is 2. The van der Waals surface area contributed by atoms with Gasteiger partial charge in [0.1, 0.15) is 11.4 Å². The van der Waals surface area contributed by atoms with Gasteiger partial charge in [0.2, 0.25) is 5.91 Å². The molecule has 1 heterocycles. The first-order valence-corrected chi connectivity index (χ1v) is 14.7. The molecule has 5 nitrogen and oxygen atoms in total. The molecular formula is C29H24ClF10N3O2S. The van der Waals surface area contributed by atoms with Crippen molar-refractivity contribution in [3.05, 3.63) is 92.8 Å². The molecule has 0 aliphatic heterocycles. The Bertz CT molecular complexity index is 1590. The van der Waals surface area contributed by atoms with E-state index in [0.717, 1.165) is 0 Å². The summed E-state index contributed by atoms with van der Waals surface area (Å²) in [5.74, 6) is -13.0. The maximum atomic E-state index is 14.1. The van der Waals surface area contributed by atoms with Crippen molar-refractivity contribution < 1.29 is 53.5 Å². The van der Waals surface area contributed by atoms with Gasteiger partial charge < -0.3 is 10.6 Å². The van der Waals surface area contributed by atoms with Crippen molar-refractivity contribution >= 4 is 40.9 Å². The van der Waals surface area contributed by atoms with Crippen LogP contribution in [0.2, 0.25) is 5.02 Å². The van der Waals surface area contributed by atoms with Gasteiger partial charge in [-0.05, 0) is 73.5 Å². The molecule has 0 fully saturated rings. The summed E-state index contributed by atoms with van der Waals surface area (Å²) in [6.45, 7) is 3.18. The number of carbonyl (C=O) groups is 2. The number of halogens is 11. The van der Waals surface area contributed by atoms with Gasteiger partial charge in [-0.25, -0.2) is 4.98 Å². The average molecular weight is 704 g/mol. The zero-order valence-electron chi connectivity index (χ0n) is 24.0. The molecule has 0 saturated heterocycles. The quantitative estimate of drug-likeness (QED) is 0.215. The van der Waals surface area contributed by atoms with E-state index < -0.39 is 65.4 Å². The fourth-order valence-electron chi connectivity index (χ4n) is 4.56. The highest BCUT2D eigenvalue weighted by molar-refractivity contribution is 7.98. The molecule has 3 aromatic rings. The van der Waals surface area contributed by atoms with Crippen molar-refractivity contribution in [2.24, 2.45) is 5.73 Å². The van der Waals surface area contributed by atoms with Crippen LogP contribution in [-0.2, 0) is 18.3 Å². The van der Waals surface area contributed by atoms with Crippen LogP contribution in [-0.4, -0.2) is 47.2 Å². The predicted octanol–water partition coefficient (Wildman–Crippen LogP) is 8.44. The number of nitrogens with two attached hydrogens (primary N) is 1. The smallest absolute Gasteiger partial charge is 0.366 e. The third-order valence-electron chi connectivity index (χ3n) is 6.73. The highest BCUT2D eigenvalue weighted by atomic mass is 35.5. The molecular weight excluding hydrogens is 680 g/mol. The first-order chi connectivity index (χ1) is 21.0. The van der Waals surface area contributed by atoms with Gasteiger partial charge in [0, 0.05) is 17.5 Å². The van der Waals surface area contributed by atoms with Crippen LogP contribution in [0.5, 0.6) is 0 Å². The highest BCUT2D eigenvalue weighted by Gasteiger charge is 2.63. The summed E-state index contributed by atoms with van der Waals surface area (Å²) in [5, 5.41) is -0.0764. The summed E-state index contributed by atoms with van der Waals surface area (Å²) >= 11 is 7.64. The molecule has 46 heavy (non-hydrogen) atoms. The Balaban J connectivity index is 2.14. The highest BCUT2D eigenvalue weighted by Crippen LogP contribution is 2.47. The molecule has 1 aromatic heterocycles. The van der Waals surface area contributed by atoms with E-state index in [0.29, 0.717) is 11.3 Å². The summed E-state index contributed by atoms with van der Waals surface area (Å²) in [6, 6.07) is 7.73. The predicted molar refractivity (Wildman–Crippen MR) is 153 cm³/mol. The van der Waals surface area contributed by atoms with Gasteiger partial charge in [-0.3, -0.25) is 9.59 Å². The molecule has 0 radical (unpaired) electrons. The number of thioether (sulfide) groups is 1. The van der Waals surface area contributed by atoms with Crippen molar-refractivity contribution in [3.63, 3.8) is 0 Å². The lowest BCUT2D eigenvalue weighted by molar-refractivity contribution is -0.295. The number of amides is 2. The molecule has 0 aliphatic carbocycles. The number of anilines is 1. The number of carbonyl (C=O) groups excluding carboxylic acids is 2. The maximum absolute atomic E-state index is 14.1. The monoisotopic (exact) mass is 703 g/mol. The Morgan fingerprint density at radius 1 is 0.891 bits per heavy atom. The molecule has 0 spiro atoms. The Morgan fingerprint density at radius 3 is 1.89 bits per heavy atom. The number of rotatable bonds is 10. The van der Waals surface area contributed by atoms with Gasteiger partial charge in [-0.15, -0.1) is 0 Å². The van der Waals surface area contributed by atoms with Gasteiger partial charge in [-0.2, -0.15) is 55.7 Å². The number of alkyl halides is 10. The van der Waals surface area contributed by atoms with Crippen molar-refractivity contribution in [3.8, 4) is 0 Å². The molecule has 0 aliphatic rings. The summed E-state index contributed by atoms with van der Waals surface area (Å²) in [7, 11) is 0. The van der Waals surface area contributed by atoms with Gasteiger partial charge in [0.15, 0.2) is 0 Å². The van der Waals surface area contributed by atoms with Gasteiger partial charge in [-0.1, -0.05) is 29.8 Å². The lowest BCUT2D eigenvalue weighted by Crippen LogP contribution is -2.41. The minimum absolute atomic E-state index is 0.0764. The molecule has 1 atom stereocenters. The van der Waals surface area contributed by atoms with E-state index in [1.54, 1.807) is 13.2 Å². The van der Waals surface area contributed by atoms with Crippen LogP contribution in [0.4, 0.5) is 49.6 Å². The maximum Gasteiger partial charge on any atom is 0.459 e. The Morgan fingerprint density at radius 2 is 1.43 bits per heavy atom. The SMILES string of the molecule is CSCC(C)N(C(=O)c1c(Cl)cccc1C(N)=O)c1ccc(Cc2cc(C(F)(F)C(F)(F)F)nc(C(F)(F)C(F)(F)F)c2)cc1C. The van der Waals surface area contributed by atoms with Crippen molar-refractivity contribution in [2.45, 2.75) is 50.5 Å². The summed E-state index contributed by atoms with van der Waals surface area (Å²) in [6.07, 6.45) is -11.6. The zero-order chi connectivity index (χ0) is 35.0. The third kappa shape index (κ3) is 7.37. The average Bonchev–Trinajstić information content (AvgIpc) is 2.92. The zero-order valence-corrected chi connectivity index (χ0v) is 25.5. The summed E-state index contributed by atoms with van der Waals surface area (Å²) < 4.78 is 135. The van der Waals surface area contributed by atoms with Gasteiger partial charge in [0.05, 0.1) is 16.1 Å². The number of aromatic nitrogens is 1. The fraction of sp³-hybridized carbons (Fsp3) is 0.345. The van der Waals surface area contributed by atoms with E-state index >= 15 is 0 Å². The van der Waals surface area contributed by atoms with Crippen molar-refractivity contribution in [1.82, 2.24) is 4.98 Å². The van der Waals surface area contributed by atoms with Crippen LogP contribution in [0.3, 0.4) is 0 Å². The second-order valence-electron chi connectivity index (χ2n) is 10.2. The van der Waals surface area contributed by atoms with Crippen LogP contribution >= 0.6 is 23.4 Å². The molecule has 1 unspecified atom stereocenters. The van der Waals surface area contributed by atoms with Crippen molar-refractivity contribution in [2.75, 3.05) is 16.9 Å². The van der Waals surface area contributed by atoms with E-state index in [-0.39, 0.29) is 39.5 Å². The van der Waals surface area contributed by atoms with E-state index in [1.807, 2.05) is 0 Å². The first-order valence-electron chi connectivity index (χ1n) is 13.0. The lowest BCUT2D eigenvalue weighted by atomic mass is 9.98. The van der Waals surface area contributed by atoms with Crippen LogP contribution in [0, 0.1) is 6.92 Å². The molecule has 2 amide bonds. The number of hydrogen-bond donors (Lipinski definition) is 1. The van der Waals surface area contributed by atoms with Crippen LogP contribution in [0.25, 0.3) is 0 Å². The minimum atomic E-state index is -6.35. The molecule has 0 bridgehead atoms. The Kier molecular flexibility index (Phi) is 10.7. The number of primary amides is 1. The molecule has 17 heteroatoms. The number of pyridine rings is 1. The normalized spacial score (nSPS) is 13.4. The third-order valence-corrected chi connectivity index (χ3v) is 7.86. The molecule has 3 rings (SSSR count). The van der Waals surface area contributed by atoms with Crippen LogP contribution in [0.1, 0.15) is 55.7 Å². The minimum Gasteiger partial charge on any atom is -0.366 e. The molecule has 250 valence electrons. The standard InChI is InChI=1S/C29H24ClF10N3O2S/c1-14-9-16(10-17-11-21(26(31,32)28(35,36)37)42-22(12-17)27(33,34)29(38,39)40)7-8-20(14)43(15(2)13-46-3)25(45)23-18(24(41)44)5-4-6-19(23)30/h4-9,11-12,15H,10,13H2,1-3H3,(H2,41,44). The fourth-order valence-corrected chi connectivity index (χ4v) is 5.45. The van der Waals surface area contributed by atoms with Crippen LogP contribution in [0.15, 0.2) is 48.5 Å². The second kappa shape index (κ2) is 13.3. The van der Waals surface area contributed by atoms with E-state index in [4.69, 9.17) is 17.3 Å². The molecule has 2 aromatic carbocycles. The molecule has 2 N–H and O–H groups in total. The Hall–Kier alpha value is -3.53. The summed E-state index contributed by atoms with van der Waals surface area (Å²) in [4.78, 5) is 29.6. The molecule has 0 saturated carbocycles. The summed E-state index contributed by atoms with van der Waals surface area (Å²) in [5.41, 5.74) is 0.317. The van der Waals surface area contributed by atoms with E-state index in [2.05, 4.69) is 4.98 Å². The van der Waals surface area contributed by atoms with Gasteiger partial charge in [0.25, 0.3) is 5.91 Å². The largest absolute Gasteiger partial charge is 0.459 e. The van der Waals surface area contributed by atoms with Gasteiger partial charge >= 0.3 is 24.2 Å². The topological polar surface area (TPSA) is 76.3 Å². The first kappa shape index (κ1) is 36.9. The lowest BCUT2D eigenvalue weighted by Gasteiger charge is -2.31. The Labute approximate surface area is 265 Å². The number of benzene rings is 2. The van der Waals surface area contributed by atoms with E-state index in [1.165, 1.54) is 60.0 Å². The van der Waals surface area contributed by atoms with Crippen LogP contribution < -0.4 is 10.6 Å². The van der Waals surface area contributed by atoms with E-state index in [9.17, 15) is 53.5 Å². The van der Waals surface area contributed by atoms with Crippen molar-refractivity contribution in [1.29, 1.82) is 0 Å². The second-order valence-corrected chi connectivity index (χ2v) is 11.5. The number of hydrogen-bond acceptors (Lipinski definition) is 4.